The van der Waals surface area contributed by atoms with Gasteiger partial charge in [0.05, 0.1) is 12.8 Å². The molecule has 0 saturated carbocycles. The maximum Gasteiger partial charge on any atom is 0.117 e. The number of furan rings is 1. The van der Waals surface area contributed by atoms with Gasteiger partial charge in [0.15, 0.2) is 0 Å². The fourth-order valence-electron chi connectivity index (χ4n) is 2.52. The van der Waals surface area contributed by atoms with E-state index >= 15 is 0 Å². The fraction of sp³-hybridized carbons (Fsp3) is 0.412. The second-order valence-corrected chi connectivity index (χ2v) is 4.99. The van der Waals surface area contributed by atoms with Crippen LogP contribution in [0.1, 0.15) is 36.8 Å². The maximum atomic E-state index is 6.01. The Balaban J connectivity index is 2.15. The molecule has 3 heteroatoms. The normalized spacial score (nSPS) is 12.8. The van der Waals surface area contributed by atoms with Crippen LogP contribution in [0.3, 0.4) is 0 Å². The van der Waals surface area contributed by atoms with Crippen molar-refractivity contribution in [3.63, 3.8) is 0 Å². The molecule has 1 unspecified atom stereocenters. The molecule has 1 atom stereocenters. The Morgan fingerprint density at radius 3 is 2.40 bits per heavy atom. The van der Waals surface area contributed by atoms with Gasteiger partial charge in [-0.2, -0.15) is 0 Å². The Bertz CT molecular complexity index is 490. The van der Waals surface area contributed by atoms with Crippen molar-refractivity contribution in [3.8, 4) is 0 Å². The minimum atomic E-state index is 0.232. The minimum Gasteiger partial charge on any atom is -0.468 e. The highest BCUT2D eigenvalue weighted by Gasteiger charge is 2.18. The minimum absolute atomic E-state index is 0.232. The summed E-state index contributed by atoms with van der Waals surface area (Å²) < 4.78 is 5.45. The van der Waals surface area contributed by atoms with Crippen molar-refractivity contribution < 1.29 is 4.42 Å². The van der Waals surface area contributed by atoms with E-state index in [-0.39, 0.29) is 6.04 Å². The lowest BCUT2D eigenvalue weighted by Gasteiger charge is -2.29. The molecule has 0 spiro atoms. The number of aryl methyl sites for hydroxylation is 1. The SMILES string of the molecule is CCc1ccc(C(CN)N(CC)Cc2ccco2)cc1. The molecular formula is C17H24N2O. The van der Waals surface area contributed by atoms with E-state index in [1.54, 1.807) is 6.26 Å². The summed E-state index contributed by atoms with van der Waals surface area (Å²) in [5.74, 6) is 0.982. The second kappa shape index (κ2) is 7.27. The van der Waals surface area contributed by atoms with Crippen molar-refractivity contribution in [1.29, 1.82) is 0 Å². The standard InChI is InChI=1S/C17H24N2O/c1-3-14-7-9-15(10-8-14)17(12-18)19(4-2)13-16-6-5-11-20-16/h5-11,17H,3-4,12-13,18H2,1-2H3. The van der Waals surface area contributed by atoms with Gasteiger partial charge in [0.25, 0.3) is 0 Å². The van der Waals surface area contributed by atoms with E-state index in [1.807, 2.05) is 12.1 Å². The van der Waals surface area contributed by atoms with Crippen LogP contribution in [0.15, 0.2) is 47.1 Å². The highest BCUT2D eigenvalue weighted by Crippen LogP contribution is 2.22. The third-order valence-electron chi connectivity index (χ3n) is 3.78. The third kappa shape index (κ3) is 3.50. The molecule has 2 rings (SSSR count). The molecule has 0 aliphatic heterocycles. The largest absolute Gasteiger partial charge is 0.468 e. The maximum absolute atomic E-state index is 6.01. The summed E-state index contributed by atoms with van der Waals surface area (Å²) in [5.41, 5.74) is 8.64. The summed E-state index contributed by atoms with van der Waals surface area (Å²) in [5, 5.41) is 0. The first-order valence-corrected chi connectivity index (χ1v) is 7.33. The van der Waals surface area contributed by atoms with Gasteiger partial charge in [-0.3, -0.25) is 4.90 Å². The van der Waals surface area contributed by atoms with Gasteiger partial charge in [-0.15, -0.1) is 0 Å². The second-order valence-electron chi connectivity index (χ2n) is 4.99. The molecule has 1 aromatic carbocycles. The Kier molecular flexibility index (Phi) is 5.39. The van der Waals surface area contributed by atoms with Crippen molar-refractivity contribution in [2.75, 3.05) is 13.1 Å². The van der Waals surface area contributed by atoms with Gasteiger partial charge in [0, 0.05) is 12.6 Å². The van der Waals surface area contributed by atoms with Crippen LogP contribution in [0.5, 0.6) is 0 Å². The van der Waals surface area contributed by atoms with E-state index in [0.29, 0.717) is 6.54 Å². The smallest absolute Gasteiger partial charge is 0.117 e. The summed E-state index contributed by atoms with van der Waals surface area (Å²) in [6.07, 6.45) is 2.79. The van der Waals surface area contributed by atoms with Gasteiger partial charge < -0.3 is 10.2 Å². The first kappa shape index (κ1) is 14.8. The summed E-state index contributed by atoms with van der Waals surface area (Å²) in [6.45, 7) is 6.68. The number of rotatable bonds is 7. The zero-order chi connectivity index (χ0) is 14.4. The Labute approximate surface area is 121 Å². The monoisotopic (exact) mass is 272 g/mol. The van der Waals surface area contributed by atoms with Crippen molar-refractivity contribution in [2.45, 2.75) is 32.9 Å². The van der Waals surface area contributed by atoms with Crippen LogP contribution in [0.4, 0.5) is 0 Å². The molecule has 0 aliphatic carbocycles. The molecule has 1 heterocycles. The predicted molar refractivity (Wildman–Crippen MR) is 82.4 cm³/mol. The lowest BCUT2D eigenvalue weighted by Crippen LogP contribution is -2.33. The third-order valence-corrected chi connectivity index (χ3v) is 3.78. The van der Waals surface area contributed by atoms with E-state index in [1.165, 1.54) is 11.1 Å². The molecule has 0 bridgehead atoms. The fourth-order valence-corrected chi connectivity index (χ4v) is 2.52. The first-order chi connectivity index (χ1) is 9.78. The number of benzene rings is 1. The Morgan fingerprint density at radius 2 is 1.90 bits per heavy atom. The summed E-state index contributed by atoms with van der Waals surface area (Å²) in [4.78, 5) is 2.35. The zero-order valence-corrected chi connectivity index (χ0v) is 12.4. The van der Waals surface area contributed by atoms with Crippen molar-refractivity contribution in [2.24, 2.45) is 5.73 Å². The van der Waals surface area contributed by atoms with Crippen molar-refractivity contribution in [1.82, 2.24) is 4.90 Å². The molecule has 0 saturated heterocycles. The van der Waals surface area contributed by atoms with E-state index in [4.69, 9.17) is 10.2 Å². The molecule has 108 valence electrons. The number of hydrogen-bond acceptors (Lipinski definition) is 3. The van der Waals surface area contributed by atoms with Crippen molar-refractivity contribution in [3.05, 3.63) is 59.5 Å². The van der Waals surface area contributed by atoms with Crippen LogP contribution in [0, 0.1) is 0 Å². The van der Waals surface area contributed by atoms with Crippen LogP contribution < -0.4 is 5.73 Å². The topological polar surface area (TPSA) is 42.4 Å². The van der Waals surface area contributed by atoms with E-state index in [9.17, 15) is 0 Å². The number of hydrogen-bond donors (Lipinski definition) is 1. The Morgan fingerprint density at radius 1 is 1.15 bits per heavy atom. The molecule has 2 aromatic rings. The van der Waals surface area contributed by atoms with Crippen LogP contribution in [0.2, 0.25) is 0 Å². The van der Waals surface area contributed by atoms with Crippen LogP contribution in [0.25, 0.3) is 0 Å². The number of nitrogens with two attached hydrogens (primary N) is 1. The van der Waals surface area contributed by atoms with Gasteiger partial charge in [-0.1, -0.05) is 38.1 Å². The molecule has 0 aliphatic rings. The highest BCUT2D eigenvalue weighted by molar-refractivity contribution is 5.25. The van der Waals surface area contributed by atoms with Gasteiger partial charge in [-0.05, 0) is 36.2 Å². The first-order valence-electron chi connectivity index (χ1n) is 7.33. The van der Waals surface area contributed by atoms with Crippen LogP contribution in [-0.4, -0.2) is 18.0 Å². The van der Waals surface area contributed by atoms with Gasteiger partial charge in [0.2, 0.25) is 0 Å². The highest BCUT2D eigenvalue weighted by atomic mass is 16.3. The summed E-state index contributed by atoms with van der Waals surface area (Å²) >= 11 is 0. The quantitative estimate of drug-likeness (QED) is 0.840. The molecule has 0 amide bonds. The van der Waals surface area contributed by atoms with E-state index < -0.39 is 0 Å². The summed E-state index contributed by atoms with van der Waals surface area (Å²) in [6, 6.07) is 12.9. The van der Waals surface area contributed by atoms with Crippen molar-refractivity contribution >= 4 is 0 Å². The zero-order valence-electron chi connectivity index (χ0n) is 12.4. The average Bonchev–Trinajstić information content (AvgIpc) is 3.00. The molecular weight excluding hydrogens is 248 g/mol. The molecule has 0 fully saturated rings. The number of nitrogens with zero attached hydrogens (tertiary/aromatic N) is 1. The lowest BCUT2D eigenvalue weighted by atomic mass is 10.0. The molecule has 3 nitrogen and oxygen atoms in total. The molecule has 0 radical (unpaired) electrons. The van der Waals surface area contributed by atoms with Gasteiger partial charge >= 0.3 is 0 Å². The average molecular weight is 272 g/mol. The lowest BCUT2D eigenvalue weighted by molar-refractivity contribution is 0.188. The van der Waals surface area contributed by atoms with Gasteiger partial charge in [-0.25, -0.2) is 0 Å². The van der Waals surface area contributed by atoms with Crippen LogP contribution >= 0.6 is 0 Å². The predicted octanol–water partition coefficient (Wildman–Crippen LogP) is 3.36. The van der Waals surface area contributed by atoms with Crippen LogP contribution in [-0.2, 0) is 13.0 Å². The van der Waals surface area contributed by atoms with Gasteiger partial charge in [0.1, 0.15) is 5.76 Å². The van der Waals surface area contributed by atoms with E-state index in [2.05, 4.69) is 43.0 Å². The number of likely N-dealkylation sites (N-methyl/N-ethyl adjacent to an activating group) is 1. The Hall–Kier alpha value is -1.58. The molecule has 20 heavy (non-hydrogen) atoms. The molecule has 2 N–H and O–H groups in total. The summed E-state index contributed by atoms with van der Waals surface area (Å²) in [7, 11) is 0. The van der Waals surface area contributed by atoms with E-state index in [0.717, 1.165) is 25.3 Å². The molecule has 1 aromatic heterocycles.